The molecule has 0 fully saturated rings. The predicted molar refractivity (Wildman–Crippen MR) is 202 cm³/mol. The molecule has 2 N–H and O–H groups in total. The van der Waals surface area contributed by atoms with E-state index in [0.29, 0.717) is 57.5 Å². The van der Waals surface area contributed by atoms with E-state index in [9.17, 15) is 9.59 Å². The first-order valence-electron chi connectivity index (χ1n) is 16.2. The summed E-state index contributed by atoms with van der Waals surface area (Å²) in [6.07, 6.45) is 3.46. The van der Waals surface area contributed by atoms with E-state index in [0.717, 1.165) is 17.7 Å². The molecule has 0 radical (unpaired) electrons. The largest absolute Gasteiger partial charge is 0.457 e. The van der Waals surface area contributed by atoms with Crippen LogP contribution in [0.15, 0.2) is 105 Å². The third-order valence-corrected chi connectivity index (χ3v) is 8.58. The van der Waals surface area contributed by atoms with Crippen molar-refractivity contribution in [3.8, 4) is 11.5 Å². The van der Waals surface area contributed by atoms with E-state index < -0.39 is 5.54 Å². The van der Waals surface area contributed by atoms with Gasteiger partial charge in [-0.2, -0.15) is 0 Å². The molecule has 0 bridgehead atoms. The van der Waals surface area contributed by atoms with Crippen LogP contribution in [0.5, 0.6) is 11.5 Å². The van der Waals surface area contributed by atoms with Crippen LogP contribution in [0.3, 0.4) is 0 Å². The van der Waals surface area contributed by atoms with Gasteiger partial charge >= 0.3 is 0 Å². The van der Waals surface area contributed by atoms with Crippen molar-refractivity contribution in [1.29, 1.82) is 5.41 Å². The fraction of sp³-hybridized carbons (Fsp3) is 0.214. The average Bonchev–Trinajstić information content (AvgIpc) is 3.10. The molecular weight excluding hydrogens is 610 g/mol. The molecule has 7 nitrogen and oxygen atoms in total. The Hall–Kier alpha value is -5.69. The van der Waals surface area contributed by atoms with Crippen LogP contribution >= 0.6 is 0 Å². The lowest BCUT2D eigenvalue weighted by Gasteiger charge is -2.32. The van der Waals surface area contributed by atoms with Crippen LogP contribution in [-0.2, 0) is 0 Å². The van der Waals surface area contributed by atoms with Crippen LogP contribution in [0.4, 0.5) is 5.69 Å². The third kappa shape index (κ3) is 8.82. The molecule has 0 aliphatic carbocycles. The number of hydrogen-bond donors (Lipinski definition) is 2. The monoisotopic (exact) mass is 655 g/mol. The van der Waals surface area contributed by atoms with E-state index >= 15 is 0 Å². The van der Waals surface area contributed by atoms with Gasteiger partial charge in [0.25, 0.3) is 5.91 Å². The maximum absolute atomic E-state index is 13.2. The van der Waals surface area contributed by atoms with Gasteiger partial charge in [0.15, 0.2) is 6.29 Å². The van der Waals surface area contributed by atoms with Gasteiger partial charge in [0.05, 0.1) is 5.56 Å². The Morgan fingerprint density at radius 1 is 0.857 bits per heavy atom. The lowest BCUT2D eigenvalue weighted by molar-refractivity contribution is 0.0653. The molecule has 0 spiro atoms. The number of rotatable bonds is 13. The molecule has 1 atom stereocenters. The van der Waals surface area contributed by atoms with Gasteiger partial charge in [-0.1, -0.05) is 76.1 Å². The Labute approximate surface area is 290 Å². The van der Waals surface area contributed by atoms with Gasteiger partial charge in [-0.25, -0.2) is 0 Å². The van der Waals surface area contributed by atoms with Crippen LogP contribution in [0.1, 0.15) is 95.5 Å². The summed E-state index contributed by atoms with van der Waals surface area (Å²) in [7, 11) is 1.71. The minimum Gasteiger partial charge on any atom is -0.457 e. The minimum absolute atomic E-state index is 0.237. The molecule has 49 heavy (non-hydrogen) atoms. The quantitative estimate of drug-likeness (QED) is 0.0647. The van der Waals surface area contributed by atoms with Crippen LogP contribution in [0, 0.1) is 5.41 Å². The third-order valence-electron chi connectivity index (χ3n) is 8.58. The van der Waals surface area contributed by atoms with Crippen LogP contribution in [-0.4, -0.2) is 35.5 Å². The maximum Gasteiger partial charge on any atom is 0.254 e. The number of carbonyl (C=O) groups excluding carboxylic acids is 2. The summed E-state index contributed by atoms with van der Waals surface area (Å²) >= 11 is 0. The fourth-order valence-electron chi connectivity index (χ4n) is 4.95. The van der Waals surface area contributed by atoms with E-state index in [1.54, 1.807) is 60.5 Å². The number of nitrogens with one attached hydrogen (secondary N) is 2. The SMILES string of the molecule is C=Cc1ccc(C(=C)Oc2ccc(OC(=C)c3ccc(C=O)c(C(=O)N(C)C(C)(C)C)c3)cc2)cc1C(=N)Nc1ccc(C(C)CC)cc1. The van der Waals surface area contributed by atoms with Gasteiger partial charge < -0.3 is 19.7 Å². The molecular formula is C42H45N3O4. The predicted octanol–water partition coefficient (Wildman–Crippen LogP) is 10.1. The highest BCUT2D eigenvalue weighted by molar-refractivity contribution is 6.08. The molecule has 0 aromatic heterocycles. The lowest BCUT2D eigenvalue weighted by atomic mass is 9.98. The summed E-state index contributed by atoms with van der Waals surface area (Å²) in [6.45, 7) is 22.2. The van der Waals surface area contributed by atoms with Crippen molar-refractivity contribution in [1.82, 2.24) is 4.90 Å². The van der Waals surface area contributed by atoms with E-state index in [2.05, 4.69) is 51.0 Å². The second kappa shape index (κ2) is 15.5. The first kappa shape index (κ1) is 36.2. The van der Waals surface area contributed by atoms with Gasteiger partial charge in [0, 0.05) is 40.5 Å². The Morgan fingerprint density at radius 3 is 1.84 bits per heavy atom. The number of amides is 1. The van der Waals surface area contributed by atoms with Crippen molar-refractivity contribution >= 4 is 41.3 Å². The standard InChI is InChI=1S/C42H45N3O4/c1-10-27(3)31-16-18-35(19-17-31)44-40(43)38-24-32(13-12-30(38)11-2)28(4)48-36-20-22-37(23-21-36)49-29(5)33-14-15-34(26-46)39(25-33)41(47)45(9)42(6,7)8/h11-27H,2,4-5,10H2,1,3,6-9H3,(H2,43,44). The van der Waals surface area contributed by atoms with Crippen molar-refractivity contribution < 1.29 is 19.1 Å². The van der Waals surface area contributed by atoms with E-state index in [-0.39, 0.29) is 17.3 Å². The Bertz CT molecular complexity index is 1880. The van der Waals surface area contributed by atoms with Gasteiger partial charge in [0.2, 0.25) is 0 Å². The van der Waals surface area contributed by atoms with Crippen molar-refractivity contribution in [2.45, 2.75) is 52.5 Å². The number of ether oxygens (including phenoxy) is 2. The minimum atomic E-state index is -0.423. The second-order valence-corrected chi connectivity index (χ2v) is 12.9. The topological polar surface area (TPSA) is 91.7 Å². The molecule has 0 saturated heterocycles. The fourth-order valence-corrected chi connectivity index (χ4v) is 4.95. The summed E-state index contributed by atoms with van der Waals surface area (Å²) in [5.74, 6) is 2.23. The number of carbonyl (C=O) groups is 2. The van der Waals surface area contributed by atoms with Gasteiger partial charge in [0.1, 0.15) is 28.9 Å². The lowest BCUT2D eigenvalue weighted by Crippen LogP contribution is -2.42. The molecule has 1 amide bonds. The van der Waals surface area contributed by atoms with Crippen LogP contribution in [0.25, 0.3) is 17.6 Å². The highest BCUT2D eigenvalue weighted by Crippen LogP contribution is 2.28. The molecule has 0 heterocycles. The van der Waals surface area contributed by atoms with Crippen molar-refractivity contribution in [3.05, 3.63) is 144 Å². The molecule has 1 unspecified atom stereocenters. The van der Waals surface area contributed by atoms with Crippen LogP contribution < -0.4 is 14.8 Å². The van der Waals surface area contributed by atoms with E-state index in [1.165, 1.54) is 5.56 Å². The Balaban J connectivity index is 1.44. The number of anilines is 1. The first-order chi connectivity index (χ1) is 23.2. The number of hydrogen-bond acceptors (Lipinski definition) is 5. The molecule has 252 valence electrons. The highest BCUT2D eigenvalue weighted by atomic mass is 16.5. The summed E-state index contributed by atoms with van der Waals surface area (Å²) < 4.78 is 12.1. The molecule has 4 rings (SSSR count). The van der Waals surface area contributed by atoms with Gasteiger partial charge in [-0.3, -0.25) is 15.0 Å². The van der Waals surface area contributed by atoms with Gasteiger partial charge in [-0.05, 0) is 92.8 Å². The maximum atomic E-state index is 13.2. The molecule has 0 aliphatic rings. The summed E-state index contributed by atoms with van der Waals surface area (Å²) in [4.78, 5) is 26.5. The van der Waals surface area contributed by atoms with Crippen molar-refractivity contribution in [2.75, 3.05) is 12.4 Å². The summed E-state index contributed by atoms with van der Waals surface area (Å²) in [6, 6.07) is 25.7. The van der Waals surface area contributed by atoms with Crippen molar-refractivity contribution in [2.24, 2.45) is 0 Å². The number of nitrogens with zero attached hydrogens (tertiary/aromatic N) is 1. The molecule has 4 aromatic rings. The Kier molecular flexibility index (Phi) is 11.4. The average molecular weight is 656 g/mol. The normalized spacial score (nSPS) is 11.6. The first-order valence-corrected chi connectivity index (χ1v) is 16.2. The van der Waals surface area contributed by atoms with Gasteiger partial charge in [-0.15, -0.1) is 0 Å². The van der Waals surface area contributed by atoms with Crippen LogP contribution in [0.2, 0.25) is 0 Å². The number of benzene rings is 4. The van der Waals surface area contributed by atoms with E-state index in [4.69, 9.17) is 14.9 Å². The second-order valence-electron chi connectivity index (χ2n) is 12.9. The number of aldehydes is 1. The zero-order valence-electron chi connectivity index (χ0n) is 29.2. The summed E-state index contributed by atoms with van der Waals surface area (Å²) in [5, 5.41) is 12.0. The van der Waals surface area contributed by atoms with Crippen molar-refractivity contribution in [3.63, 3.8) is 0 Å². The summed E-state index contributed by atoms with van der Waals surface area (Å²) in [5.41, 5.74) is 5.02. The molecule has 0 aliphatic heterocycles. The highest BCUT2D eigenvalue weighted by Gasteiger charge is 2.25. The molecule has 4 aromatic carbocycles. The zero-order chi connectivity index (χ0) is 35.9. The molecule has 7 heteroatoms. The zero-order valence-corrected chi connectivity index (χ0v) is 29.2. The molecule has 0 saturated carbocycles. The smallest absolute Gasteiger partial charge is 0.254 e. The van der Waals surface area contributed by atoms with E-state index in [1.807, 2.05) is 51.1 Å². The number of amidine groups is 1. The Morgan fingerprint density at radius 2 is 1.37 bits per heavy atom.